The number of hydrogen-bond acceptors (Lipinski definition) is 10. The van der Waals surface area contributed by atoms with Crippen molar-refractivity contribution in [1.29, 1.82) is 0 Å². The molecule has 2 N–H and O–H groups in total. The van der Waals surface area contributed by atoms with E-state index in [1.807, 2.05) is 48.5 Å². The van der Waals surface area contributed by atoms with Gasteiger partial charge in [0.25, 0.3) is 21.6 Å². The van der Waals surface area contributed by atoms with Crippen LogP contribution < -0.4 is 14.9 Å². The molecule has 2 saturated heterocycles. The Labute approximate surface area is 375 Å². The van der Waals surface area contributed by atoms with Crippen LogP contribution in [0.25, 0.3) is 11.1 Å². The number of carbonyl (C=O) groups excluding carboxylic acids is 1. The standard InChI is InChI=1S/C50H57N5O6S2/c56-48(52-63(59,60)44-24-25-46(47(36-44)55(57)58)51-49(26-10-11-27-49)38-62-43-17-6-2-7-18-43)40-20-22-42(23-21-40)54-32-28-50(29-33-54,61-35-34-53-30-12-3-13-31-53)37-41-16-8-9-19-45(41)39-14-4-1-5-15-39/h1-2,4-9,14-25,36,51H,3,10-13,26-35,37-38H2,(H,52,56). The number of nitrogens with zero attached hydrogens (tertiary/aromatic N) is 3. The molecule has 0 aromatic heterocycles. The molecule has 2 aliphatic heterocycles. The van der Waals surface area contributed by atoms with Gasteiger partial charge in [-0.25, -0.2) is 13.1 Å². The number of carbonyl (C=O) groups is 1. The first kappa shape index (κ1) is 44.4. The number of rotatable bonds is 17. The van der Waals surface area contributed by atoms with Gasteiger partial charge in [0, 0.05) is 59.6 Å². The third kappa shape index (κ3) is 11.1. The van der Waals surface area contributed by atoms with E-state index in [1.54, 1.807) is 23.9 Å². The van der Waals surface area contributed by atoms with Crippen LogP contribution in [0.3, 0.4) is 0 Å². The minimum absolute atomic E-state index is 0.166. The van der Waals surface area contributed by atoms with Crippen LogP contribution in [0.15, 0.2) is 137 Å². The Balaban J connectivity index is 0.918. The predicted molar refractivity (Wildman–Crippen MR) is 252 cm³/mol. The number of sulfonamides is 1. The normalized spacial score (nSPS) is 17.6. The van der Waals surface area contributed by atoms with Crippen molar-refractivity contribution in [3.8, 4) is 11.1 Å². The quantitative estimate of drug-likeness (QED) is 0.0528. The maximum atomic E-state index is 13.5. The highest BCUT2D eigenvalue weighted by Crippen LogP contribution is 2.41. The summed E-state index contributed by atoms with van der Waals surface area (Å²) in [6, 6.07) is 39.9. The molecule has 3 fully saturated rings. The molecular formula is C50H57N5O6S2. The molecule has 0 radical (unpaired) electrons. The minimum atomic E-state index is -4.44. The molecule has 0 atom stereocenters. The van der Waals surface area contributed by atoms with Crippen LogP contribution in [0.1, 0.15) is 73.7 Å². The average molecular weight is 888 g/mol. The first-order valence-corrected chi connectivity index (χ1v) is 24.7. The lowest BCUT2D eigenvalue weighted by Gasteiger charge is -2.43. The van der Waals surface area contributed by atoms with Crippen molar-refractivity contribution >= 4 is 44.8 Å². The van der Waals surface area contributed by atoms with Crippen molar-refractivity contribution in [3.05, 3.63) is 149 Å². The molecule has 2 heterocycles. The van der Waals surface area contributed by atoms with Gasteiger partial charge in [-0.2, -0.15) is 0 Å². The van der Waals surface area contributed by atoms with Crippen molar-refractivity contribution in [2.75, 3.05) is 55.3 Å². The van der Waals surface area contributed by atoms with Gasteiger partial charge < -0.3 is 19.9 Å². The number of nitro groups is 1. The summed E-state index contributed by atoms with van der Waals surface area (Å²) in [5, 5.41) is 15.8. The second-order valence-corrected chi connectivity index (χ2v) is 20.0. The van der Waals surface area contributed by atoms with Gasteiger partial charge in [0.15, 0.2) is 0 Å². The monoisotopic (exact) mass is 887 g/mol. The Morgan fingerprint density at radius 2 is 1.43 bits per heavy atom. The summed E-state index contributed by atoms with van der Waals surface area (Å²) in [5.41, 5.74) is 3.97. The van der Waals surface area contributed by atoms with E-state index in [-0.39, 0.29) is 33.0 Å². The van der Waals surface area contributed by atoms with Gasteiger partial charge >= 0.3 is 0 Å². The molecule has 5 aromatic rings. The molecule has 3 aliphatic rings. The molecule has 11 nitrogen and oxygen atoms in total. The fraction of sp³-hybridized carbons (Fsp3) is 0.380. The van der Waals surface area contributed by atoms with Gasteiger partial charge in [-0.05, 0) is 117 Å². The maximum Gasteiger partial charge on any atom is 0.293 e. The van der Waals surface area contributed by atoms with Gasteiger partial charge in [0.05, 0.1) is 22.0 Å². The fourth-order valence-electron chi connectivity index (χ4n) is 9.42. The summed E-state index contributed by atoms with van der Waals surface area (Å²) in [4.78, 5) is 30.7. The lowest BCUT2D eigenvalue weighted by atomic mass is 9.82. The Hall–Kier alpha value is -5.21. The van der Waals surface area contributed by atoms with Gasteiger partial charge in [0.2, 0.25) is 0 Å². The second-order valence-electron chi connectivity index (χ2n) is 17.3. The lowest BCUT2D eigenvalue weighted by Crippen LogP contribution is -2.48. The zero-order valence-corrected chi connectivity index (χ0v) is 37.4. The first-order valence-electron chi connectivity index (χ1n) is 22.3. The number of piperidine rings is 2. The summed E-state index contributed by atoms with van der Waals surface area (Å²) in [5.74, 6) is -0.106. The highest BCUT2D eigenvalue weighted by Gasteiger charge is 2.38. The van der Waals surface area contributed by atoms with E-state index in [4.69, 9.17) is 4.74 Å². The molecule has 1 saturated carbocycles. The molecule has 0 spiro atoms. The van der Waals surface area contributed by atoms with Crippen LogP contribution in [-0.2, 0) is 21.2 Å². The molecule has 330 valence electrons. The van der Waals surface area contributed by atoms with Gasteiger partial charge in [-0.1, -0.05) is 92.1 Å². The molecular weight excluding hydrogens is 831 g/mol. The Kier molecular flexibility index (Phi) is 14.2. The third-order valence-electron chi connectivity index (χ3n) is 13.0. The van der Waals surface area contributed by atoms with Crippen LogP contribution in [0, 0.1) is 10.1 Å². The number of likely N-dealkylation sites (tertiary alicyclic amines) is 1. The SMILES string of the molecule is O=C(NS(=O)(=O)c1ccc(NC2(CSc3ccccc3)CCCC2)c([N+](=O)[O-])c1)c1ccc(N2CCC(Cc3ccccc3-c3ccccc3)(OCCN3CCCCC3)CC2)cc1. The van der Waals surface area contributed by atoms with Gasteiger partial charge in [-0.3, -0.25) is 14.9 Å². The summed E-state index contributed by atoms with van der Waals surface area (Å²) in [6.45, 7) is 5.39. The minimum Gasteiger partial charge on any atom is -0.373 e. The van der Waals surface area contributed by atoms with Crippen LogP contribution in [0.5, 0.6) is 0 Å². The summed E-state index contributed by atoms with van der Waals surface area (Å²) < 4.78 is 36.2. The van der Waals surface area contributed by atoms with Crippen molar-refractivity contribution in [1.82, 2.24) is 9.62 Å². The molecule has 0 unspecified atom stereocenters. The number of amides is 1. The topological polar surface area (TPSA) is 134 Å². The molecule has 1 aliphatic carbocycles. The van der Waals surface area contributed by atoms with Crippen LogP contribution in [0.2, 0.25) is 0 Å². The summed E-state index contributed by atoms with van der Waals surface area (Å²) >= 11 is 1.69. The van der Waals surface area contributed by atoms with Crippen molar-refractivity contribution in [2.24, 2.45) is 0 Å². The zero-order chi connectivity index (χ0) is 43.7. The van der Waals surface area contributed by atoms with E-state index in [9.17, 15) is 23.3 Å². The number of anilines is 2. The van der Waals surface area contributed by atoms with Crippen LogP contribution in [-0.4, -0.2) is 80.4 Å². The van der Waals surface area contributed by atoms with E-state index in [0.717, 1.165) is 94.3 Å². The molecule has 0 bridgehead atoms. The van der Waals surface area contributed by atoms with Crippen LogP contribution >= 0.6 is 11.8 Å². The highest BCUT2D eigenvalue weighted by atomic mass is 32.2. The van der Waals surface area contributed by atoms with Gasteiger partial charge in [-0.15, -0.1) is 11.8 Å². The van der Waals surface area contributed by atoms with Crippen molar-refractivity contribution in [3.63, 3.8) is 0 Å². The smallest absolute Gasteiger partial charge is 0.293 e. The molecule has 8 rings (SSSR count). The number of ether oxygens (including phenoxy) is 1. The summed E-state index contributed by atoms with van der Waals surface area (Å²) in [7, 11) is -4.44. The van der Waals surface area contributed by atoms with E-state index in [1.165, 1.54) is 48.1 Å². The number of hydrogen-bond donors (Lipinski definition) is 2. The van der Waals surface area contributed by atoms with Crippen molar-refractivity contribution in [2.45, 2.75) is 85.1 Å². The average Bonchev–Trinajstić information content (AvgIpc) is 3.78. The molecule has 63 heavy (non-hydrogen) atoms. The van der Waals surface area contributed by atoms with Crippen LogP contribution in [0.4, 0.5) is 17.1 Å². The molecule has 1 amide bonds. The van der Waals surface area contributed by atoms with Crippen molar-refractivity contribution < 1.29 is 22.9 Å². The molecule has 13 heteroatoms. The summed E-state index contributed by atoms with van der Waals surface area (Å²) in [6.07, 6.45) is 9.91. The van der Waals surface area contributed by atoms with E-state index < -0.39 is 20.9 Å². The molecule has 5 aromatic carbocycles. The van der Waals surface area contributed by atoms with E-state index in [2.05, 4.69) is 68.4 Å². The Bertz CT molecular complexity index is 2430. The maximum absolute atomic E-state index is 13.5. The Morgan fingerprint density at radius 3 is 2.13 bits per heavy atom. The predicted octanol–water partition coefficient (Wildman–Crippen LogP) is 9.98. The number of nitrogens with one attached hydrogen (secondary N) is 2. The lowest BCUT2D eigenvalue weighted by molar-refractivity contribution is -0.384. The number of benzene rings is 5. The fourth-order valence-corrected chi connectivity index (χ4v) is 11.6. The highest BCUT2D eigenvalue weighted by molar-refractivity contribution is 7.99. The second kappa shape index (κ2) is 20.1. The zero-order valence-electron chi connectivity index (χ0n) is 35.8. The van der Waals surface area contributed by atoms with E-state index in [0.29, 0.717) is 12.4 Å². The Morgan fingerprint density at radius 1 is 0.762 bits per heavy atom. The first-order chi connectivity index (χ1) is 30.6. The largest absolute Gasteiger partial charge is 0.373 e. The third-order valence-corrected chi connectivity index (χ3v) is 15.6. The number of nitro benzene ring substituents is 1. The van der Waals surface area contributed by atoms with E-state index >= 15 is 0 Å². The number of thioether (sulfide) groups is 1. The van der Waals surface area contributed by atoms with Gasteiger partial charge in [0.1, 0.15) is 5.69 Å².